The van der Waals surface area contributed by atoms with Crippen molar-refractivity contribution in [3.8, 4) is 17.3 Å². The lowest BCUT2D eigenvalue weighted by Gasteiger charge is -2.14. The molecule has 3 aromatic rings. The van der Waals surface area contributed by atoms with E-state index in [2.05, 4.69) is 26.3 Å². The number of pyridine rings is 3. The molecule has 1 amide bonds. The number of amides is 1. The zero-order valence-corrected chi connectivity index (χ0v) is 17.0. The number of anilines is 1. The summed E-state index contributed by atoms with van der Waals surface area (Å²) in [5.41, 5.74) is 2.86. The second-order valence-electron chi connectivity index (χ2n) is 7.75. The van der Waals surface area contributed by atoms with E-state index in [4.69, 9.17) is 0 Å². The Morgan fingerprint density at radius 1 is 1.27 bits per heavy atom. The number of hydrogen-bond acceptors (Lipinski definition) is 6. The lowest BCUT2D eigenvalue weighted by molar-refractivity contribution is -0.117. The van der Waals surface area contributed by atoms with Crippen LogP contribution in [0.25, 0.3) is 22.0 Å². The van der Waals surface area contributed by atoms with Gasteiger partial charge in [-0.1, -0.05) is 13.3 Å². The average Bonchev–Trinajstić information content (AvgIpc) is 3.58. The van der Waals surface area contributed by atoms with Crippen molar-refractivity contribution in [2.75, 3.05) is 5.32 Å². The summed E-state index contributed by atoms with van der Waals surface area (Å²) >= 11 is 0. The Kier molecular flexibility index (Phi) is 5.42. The minimum Gasteiger partial charge on any atom is -0.387 e. The van der Waals surface area contributed by atoms with Crippen molar-refractivity contribution < 1.29 is 9.90 Å². The van der Waals surface area contributed by atoms with Gasteiger partial charge < -0.3 is 10.4 Å². The minimum atomic E-state index is -0.687. The second kappa shape index (κ2) is 8.17. The Labute approximate surface area is 174 Å². The number of aryl methyl sites for hydroxylation is 1. The summed E-state index contributed by atoms with van der Waals surface area (Å²) in [6.07, 6.45) is 6.01. The molecule has 2 N–H and O–H groups in total. The third-order valence-corrected chi connectivity index (χ3v) is 5.30. The third-order valence-electron chi connectivity index (χ3n) is 5.30. The number of aromatic nitrogens is 3. The first kappa shape index (κ1) is 19.9. The van der Waals surface area contributed by atoms with Crippen LogP contribution in [0, 0.1) is 24.2 Å². The van der Waals surface area contributed by atoms with Gasteiger partial charge in [0.05, 0.1) is 17.5 Å². The standard InChI is InChI=1S/C23H23N5O2/c1-3-4-20(29)17-7-13(2)22(19(10-24)27-17)18-8-15-12-26-21(9-16(15)11-25-18)28-23(30)14-5-6-14/h7-9,11-12,14,20,29H,3-6H2,1-2H3,(H,26,28,30). The Bertz CT molecular complexity index is 1160. The summed E-state index contributed by atoms with van der Waals surface area (Å²) in [5, 5.41) is 24.5. The zero-order chi connectivity index (χ0) is 21.3. The van der Waals surface area contributed by atoms with Crippen LogP contribution in [0.3, 0.4) is 0 Å². The van der Waals surface area contributed by atoms with Crippen LogP contribution in [0.2, 0.25) is 0 Å². The van der Waals surface area contributed by atoms with Crippen molar-refractivity contribution in [1.29, 1.82) is 5.26 Å². The largest absolute Gasteiger partial charge is 0.387 e. The van der Waals surface area contributed by atoms with Gasteiger partial charge in [-0.15, -0.1) is 0 Å². The first-order chi connectivity index (χ1) is 14.5. The van der Waals surface area contributed by atoms with Gasteiger partial charge in [-0.05, 0) is 49.9 Å². The number of nitriles is 1. The Morgan fingerprint density at radius 3 is 2.70 bits per heavy atom. The summed E-state index contributed by atoms with van der Waals surface area (Å²) in [5.74, 6) is 0.637. The van der Waals surface area contributed by atoms with Crippen molar-refractivity contribution >= 4 is 22.5 Å². The number of aliphatic hydroxyl groups is 1. The van der Waals surface area contributed by atoms with E-state index in [0.717, 1.165) is 35.6 Å². The molecule has 152 valence electrons. The van der Waals surface area contributed by atoms with Crippen molar-refractivity contribution in [3.05, 3.63) is 47.5 Å². The molecule has 1 fully saturated rings. The molecule has 0 bridgehead atoms. The van der Waals surface area contributed by atoms with Crippen LogP contribution in [-0.4, -0.2) is 26.0 Å². The number of aliphatic hydroxyl groups excluding tert-OH is 1. The topological polar surface area (TPSA) is 112 Å². The van der Waals surface area contributed by atoms with Crippen LogP contribution in [-0.2, 0) is 4.79 Å². The average molecular weight is 401 g/mol. The number of nitrogens with one attached hydrogen (secondary N) is 1. The van der Waals surface area contributed by atoms with E-state index in [1.165, 1.54) is 0 Å². The molecule has 1 saturated carbocycles. The SMILES string of the molecule is CCCC(O)c1cc(C)c(-c2cc3cnc(NC(=O)C4CC4)cc3cn2)c(C#N)n1. The molecule has 7 heteroatoms. The molecule has 3 aromatic heterocycles. The quantitative estimate of drug-likeness (QED) is 0.644. The molecule has 1 unspecified atom stereocenters. The van der Waals surface area contributed by atoms with Crippen LogP contribution < -0.4 is 5.32 Å². The summed E-state index contributed by atoms with van der Waals surface area (Å²) in [7, 11) is 0. The highest BCUT2D eigenvalue weighted by molar-refractivity contribution is 5.95. The van der Waals surface area contributed by atoms with Gasteiger partial charge in [-0.3, -0.25) is 9.78 Å². The molecule has 1 aliphatic carbocycles. The molecule has 4 rings (SSSR count). The summed E-state index contributed by atoms with van der Waals surface area (Å²) < 4.78 is 0. The maximum absolute atomic E-state index is 12.0. The van der Waals surface area contributed by atoms with Crippen LogP contribution in [0.4, 0.5) is 5.82 Å². The van der Waals surface area contributed by atoms with E-state index in [1.807, 2.05) is 26.0 Å². The van der Waals surface area contributed by atoms with Crippen molar-refractivity contribution in [3.63, 3.8) is 0 Å². The number of carbonyl (C=O) groups excluding carboxylic acids is 1. The van der Waals surface area contributed by atoms with Gasteiger partial charge >= 0.3 is 0 Å². The van der Waals surface area contributed by atoms with Gasteiger partial charge in [0, 0.05) is 34.6 Å². The van der Waals surface area contributed by atoms with E-state index in [0.29, 0.717) is 29.2 Å². The molecule has 0 spiro atoms. The first-order valence-electron chi connectivity index (χ1n) is 10.2. The lowest BCUT2D eigenvalue weighted by Crippen LogP contribution is -2.14. The molecule has 3 heterocycles. The highest BCUT2D eigenvalue weighted by Gasteiger charge is 2.29. The normalized spacial score (nSPS) is 14.3. The summed E-state index contributed by atoms with van der Waals surface area (Å²) in [6.45, 7) is 3.88. The lowest BCUT2D eigenvalue weighted by atomic mass is 9.99. The van der Waals surface area contributed by atoms with Gasteiger partial charge in [0.15, 0.2) is 5.69 Å². The molecular weight excluding hydrogens is 378 g/mol. The Morgan fingerprint density at radius 2 is 2.00 bits per heavy atom. The molecule has 0 saturated heterocycles. The van der Waals surface area contributed by atoms with Crippen LogP contribution in [0.15, 0.2) is 30.6 Å². The van der Waals surface area contributed by atoms with Gasteiger partial charge in [-0.25, -0.2) is 9.97 Å². The maximum atomic E-state index is 12.0. The Balaban J connectivity index is 1.68. The van der Waals surface area contributed by atoms with E-state index in [-0.39, 0.29) is 17.5 Å². The van der Waals surface area contributed by atoms with E-state index >= 15 is 0 Å². The predicted octanol–water partition coefficient (Wildman–Crippen LogP) is 4.05. The first-order valence-corrected chi connectivity index (χ1v) is 10.2. The zero-order valence-electron chi connectivity index (χ0n) is 17.0. The monoisotopic (exact) mass is 401 g/mol. The number of rotatable bonds is 6. The predicted molar refractivity (Wildman–Crippen MR) is 113 cm³/mol. The molecule has 1 atom stereocenters. The molecule has 0 radical (unpaired) electrons. The summed E-state index contributed by atoms with van der Waals surface area (Å²) in [6, 6.07) is 7.62. The number of fused-ring (bicyclic) bond motifs is 1. The number of nitrogens with zero attached hydrogens (tertiary/aromatic N) is 4. The molecule has 0 aliphatic heterocycles. The molecule has 1 aliphatic rings. The smallest absolute Gasteiger partial charge is 0.228 e. The van der Waals surface area contributed by atoms with E-state index in [9.17, 15) is 15.2 Å². The van der Waals surface area contributed by atoms with Crippen LogP contribution >= 0.6 is 0 Å². The van der Waals surface area contributed by atoms with Gasteiger partial charge in [0.1, 0.15) is 11.9 Å². The third kappa shape index (κ3) is 4.00. The van der Waals surface area contributed by atoms with Crippen molar-refractivity contribution in [2.24, 2.45) is 5.92 Å². The minimum absolute atomic E-state index is 0.0112. The second-order valence-corrected chi connectivity index (χ2v) is 7.75. The van der Waals surface area contributed by atoms with Crippen LogP contribution in [0.5, 0.6) is 0 Å². The molecular formula is C23H23N5O2. The van der Waals surface area contributed by atoms with Gasteiger partial charge in [0.2, 0.25) is 5.91 Å². The fraction of sp³-hybridized carbons (Fsp3) is 0.348. The molecule has 0 aromatic carbocycles. The fourth-order valence-corrected chi connectivity index (χ4v) is 3.51. The number of carbonyl (C=O) groups is 1. The van der Waals surface area contributed by atoms with E-state index < -0.39 is 6.10 Å². The Hall–Kier alpha value is -3.37. The van der Waals surface area contributed by atoms with Gasteiger partial charge in [0.25, 0.3) is 0 Å². The molecule has 7 nitrogen and oxygen atoms in total. The maximum Gasteiger partial charge on any atom is 0.228 e. The highest BCUT2D eigenvalue weighted by atomic mass is 16.3. The van der Waals surface area contributed by atoms with Crippen molar-refractivity contribution in [1.82, 2.24) is 15.0 Å². The fourth-order valence-electron chi connectivity index (χ4n) is 3.51. The number of hydrogen-bond donors (Lipinski definition) is 2. The van der Waals surface area contributed by atoms with Crippen LogP contribution in [0.1, 0.15) is 55.7 Å². The molecule has 30 heavy (non-hydrogen) atoms. The highest BCUT2D eigenvalue weighted by Crippen LogP contribution is 2.32. The van der Waals surface area contributed by atoms with Crippen molar-refractivity contribution in [2.45, 2.75) is 45.6 Å². The van der Waals surface area contributed by atoms with Gasteiger partial charge in [-0.2, -0.15) is 5.26 Å². The van der Waals surface area contributed by atoms with E-state index in [1.54, 1.807) is 18.5 Å². The summed E-state index contributed by atoms with van der Waals surface area (Å²) in [4.78, 5) is 25.2.